The van der Waals surface area contributed by atoms with Crippen LogP contribution in [0.3, 0.4) is 0 Å². The first kappa shape index (κ1) is 18.9. The Morgan fingerprint density at radius 1 is 1.27 bits per heavy atom. The summed E-state index contributed by atoms with van der Waals surface area (Å²) in [6, 6.07) is 6.77. The molecule has 4 aromatic rings. The first-order chi connectivity index (χ1) is 14.3. The van der Waals surface area contributed by atoms with Crippen molar-refractivity contribution in [3.05, 3.63) is 42.0 Å². The number of aromatic nitrogens is 5. The third-order valence-electron chi connectivity index (χ3n) is 5.03. The normalized spacial score (nSPS) is 14.6. The number of hydrogen-bond acceptors (Lipinski definition) is 6. The fourth-order valence-electron chi connectivity index (χ4n) is 3.36. The molecule has 9 nitrogen and oxygen atoms in total. The van der Waals surface area contributed by atoms with Gasteiger partial charge in [0.1, 0.15) is 5.82 Å². The molecule has 0 atom stereocenters. The quantitative estimate of drug-likeness (QED) is 0.486. The number of anilines is 1. The van der Waals surface area contributed by atoms with Crippen molar-refractivity contribution >= 4 is 32.7 Å². The third-order valence-corrected chi connectivity index (χ3v) is 5.70. The van der Waals surface area contributed by atoms with Crippen LogP contribution in [0.2, 0.25) is 0 Å². The molecule has 156 valence electrons. The Morgan fingerprint density at radius 2 is 2.07 bits per heavy atom. The molecular formula is C19H20FN7O2S. The summed E-state index contributed by atoms with van der Waals surface area (Å²) in [7, 11) is -1.54. The van der Waals surface area contributed by atoms with E-state index in [1.807, 2.05) is 17.7 Å². The predicted molar refractivity (Wildman–Crippen MR) is 111 cm³/mol. The molecule has 1 saturated carbocycles. The summed E-state index contributed by atoms with van der Waals surface area (Å²) < 4.78 is 42.8. The van der Waals surface area contributed by atoms with Crippen LogP contribution < -0.4 is 10.0 Å². The van der Waals surface area contributed by atoms with Gasteiger partial charge in [0.2, 0.25) is 10.0 Å². The van der Waals surface area contributed by atoms with Gasteiger partial charge in [0.05, 0.1) is 18.3 Å². The van der Waals surface area contributed by atoms with E-state index in [9.17, 15) is 12.8 Å². The standard InChI is InChI=1S/C19H20FN7O2S/c1-26-10-21-17-18(23-13-4-5-13)24-16-8-15(25-27(16)19(17)26)11-3-6-14(20)12(7-11)9-22-30(2,28)29/h3,6-8,10,13,22H,4-5,9H2,1-2H3,(H,23,24). The lowest BCUT2D eigenvalue weighted by atomic mass is 10.1. The van der Waals surface area contributed by atoms with Crippen LogP contribution in [-0.4, -0.2) is 44.9 Å². The minimum atomic E-state index is -3.43. The van der Waals surface area contributed by atoms with E-state index in [0.29, 0.717) is 22.9 Å². The molecule has 2 N–H and O–H groups in total. The molecule has 1 fully saturated rings. The number of nitrogens with zero attached hydrogens (tertiary/aromatic N) is 5. The van der Waals surface area contributed by atoms with Crippen LogP contribution in [-0.2, 0) is 23.6 Å². The van der Waals surface area contributed by atoms with Gasteiger partial charge in [-0.1, -0.05) is 0 Å². The molecule has 0 spiro atoms. The molecule has 0 radical (unpaired) electrons. The Kier molecular flexibility index (Phi) is 4.26. The van der Waals surface area contributed by atoms with Gasteiger partial charge in [0, 0.05) is 36.8 Å². The maximum atomic E-state index is 14.2. The number of hydrogen-bond donors (Lipinski definition) is 2. The maximum Gasteiger partial charge on any atom is 0.209 e. The summed E-state index contributed by atoms with van der Waals surface area (Å²) in [6.45, 7) is -0.133. The van der Waals surface area contributed by atoms with Gasteiger partial charge in [0.25, 0.3) is 0 Å². The molecule has 30 heavy (non-hydrogen) atoms. The Morgan fingerprint density at radius 3 is 2.80 bits per heavy atom. The first-order valence-corrected chi connectivity index (χ1v) is 11.4. The van der Waals surface area contributed by atoms with Crippen LogP contribution in [0.4, 0.5) is 10.2 Å². The number of fused-ring (bicyclic) bond motifs is 3. The molecule has 0 unspecified atom stereocenters. The Labute approximate surface area is 172 Å². The van der Waals surface area contributed by atoms with Crippen LogP contribution in [0.15, 0.2) is 30.6 Å². The highest BCUT2D eigenvalue weighted by atomic mass is 32.2. The zero-order chi connectivity index (χ0) is 21.0. The lowest BCUT2D eigenvalue weighted by molar-refractivity contribution is 0.579. The van der Waals surface area contributed by atoms with E-state index >= 15 is 0 Å². The van der Waals surface area contributed by atoms with Crippen LogP contribution >= 0.6 is 0 Å². The molecule has 0 aliphatic heterocycles. The zero-order valence-corrected chi connectivity index (χ0v) is 17.2. The van der Waals surface area contributed by atoms with Gasteiger partial charge in [-0.15, -0.1) is 0 Å². The molecule has 3 heterocycles. The van der Waals surface area contributed by atoms with Crippen LogP contribution in [0, 0.1) is 5.82 Å². The lowest BCUT2D eigenvalue weighted by Gasteiger charge is -2.06. The summed E-state index contributed by atoms with van der Waals surface area (Å²) in [6.07, 6.45) is 4.99. The highest BCUT2D eigenvalue weighted by Gasteiger charge is 2.24. The van der Waals surface area contributed by atoms with Gasteiger partial charge in [-0.2, -0.15) is 9.61 Å². The average molecular weight is 429 g/mol. The summed E-state index contributed by atoms with van der Waals surface area (Å²) in [5.74, 6) is 0.242. The molecule has 1 aromatic carbocycles. The number of aryl methyl sites for hydroxylation is 1. The molecule has 1 aliphatic rings. The van der Waals surface area contributed by atoms with Gasteiger partial charge in [-0.05, 0) is 31.0 Å². The SMILES string of the molecule is Cn1cnc2c(NC3CC3)nc3cc(-c4ccc(F)c(CNS(C)(=O)=O)c4)nn3c21. The van der Waals surface area contributed by atoms with Crippen molar-refractivity contribution in [1.29, 1.82) is 0 Å². The number of halogens is 1. The fourth-order valence-corrected chi connectivity index (χ4v) is 3.77. The average Bonchev–Trinajstić information content (AvgIpc) is 3.26. The van der Waals surface area contributed by atoms with Crippen LogP contribution in [0.1, 0.15) is 18.4 Å². The summed E-state index contributed by atoms with van der Waals surface area (Å²) in [5.41, 5.74) is 3.70. The van der Waals surface area contributed by atoms with E-state index < -0.39 is 15.8 Å². The number of rotatable bonds is 6. The van der Waals surface area contributed by atoms with E-state index in [1.165, 1.54) is 6.07 Å². The zero-order valence-electron chi connectivity index (χ0n) is 16.4. The van der Waals surface area contributed by atoms with E-state index in [1.54, 1.807) is 23.0 Å². The first-order valence-electron chi connectivity index (χ1n) is 9.49. The van der Waals surface area contributed by atoms with Crippen molar-refractivity contribution in [3.63, 3.8) is 0 Å². The highest BCUT2D eigenvalue weighted by molar-refractivity contribution is 7.88. The second-order valence-corrected chi connectivity index (χ2v) is 9.44. The number of benzene rings is 1. The van der Waals surface area contributed by atoms with Crippen molar-refractivity contribution in [1.82, 2.24) is 28.9 Å². The monoisotopic (exact) mass is 429 g/mol. The number of nitrogens with one attached hydrogen (secondary N) is 2. The Bertz CT molecular complexity index is 1390. The minimum Gasteiger partial charge on any atom is -0.365 e. The second-order valence-electron chi connectivity index (χ2n) is 7.61. The van der Waals surface area contributed by atoms with Gasteiger partial charge in [0.15, 0.2) is 22.6 Å². The molecule has 5 rings (SSSR count). The molecule has 3 aromatic heterocycles. The van der Waals surface area contributed by atoms with Gasteiger partial charge >= 0.3 is 0 Å². The predicted octanol–water partition coefficient (Wildman–Crippen LogP) is 2.05. The smallest absolute Gasteiger partial charge is 0.209 e. The molecular weight excluding hydrogens is 409 g/mol. The topological polar surface area (TPSA) is 106 Å². The van der Waals surface area contributed by atoms with Crippen LogP contribution in [0.5, 0.6) is 0 Å². The Balaban J connectivity index is 1.60. The molecule has 0 saturated heterocycles. The van der Waals surface area contributed by atoms with Gasteiger partial charge in [-0.3, -0.25) is 0 Å². The third kappa shape index (κ3) is 3.50. The molecule has 1 aliphatic carbocycles. The lowest BCUT2D eigenvalue weighted by Crippen LogP contribution is -2.21. The maximum absolute atomic E-state index is 14.2. The van der Waals surface area contributed by atoms with Crippen molar-refractivity contribution < 1.29 is 12.8 Å². The van der Waals surface area contributed by atoms with Crippen molar-refractivity contribution in [3.8, 4) is 11.3 Å². The summed E-state index contributed by atoms with van der Waals surface area (Å²) >= 11 is 0. The minimum absolute atomic E-state index is 0.133. The van der Waals surface area contributed by atoms with E-state index in [-0.39, 0.29) is 12.1 Å². The van der Waals surface area contributed by atoms with E-state index in [0.717, 1.165) is 36.1 Å². The Hall–Kier alpha value is -3.05. The molecule has 11 heteroatoms. The molecule has 0 bridgehead atoms. The van der Waals surface area contributed by atoms with E-state index in [4.69, 9.17) is 4.98 Å². The second kappa shape index (κ2) is 6.74. The largest absolute Gasteiger partial charge is 0.365 e. The highest BCUT2D eigenvalue weighted by Crippen LogP contribution is 2.30. The number of imidazole rings is 1. The van der Waals surface area contributed by atoms with Gasteiger partial charge in [-0.25, -0.2) is 27.5 Å². The van der Waals surface area contributed by atoms with Crippen molar-refractivity contribution in [2.75, 3.05) is 11.6 Å². The van der Waals surface area contributed by atoms with Crippen LogP contribution in [0.25, 0.3) is 28.1 Å². The summed E-state index contributed by atoms with van der Waals surface area (Å²) in [4.78, 5) is 9.17. The van der Waals surface area contributed by atoms with Gasteiger partial charge < -0.3 is 9.88 Å². The van der Waals surface area contributed by atoms with Crippen molar-refractivity contribution in [2.45, 2.75) is 25.4 Å². The molecule has 0 amide bonds. The van der Waals surface area contributed by atoms with E-state index in [2.05, 4.69) is 20.1 Å². The number of sulfonamides is 1. The summed E-state index contributed by atoms with van der Waals surface area (Å²) in [5, 5.41) is 8.08. The fraction of sp³-hybridized carbons (Fsp3) is 0.316. The van der Waals surface area contributed by atoms with Crippen molar-refractivity contribution in [2.24, 2.45) is 7.05 Å².